The van der Waals surface area contributed by atoms with Crippen LogP contribution in [0.15, 0.2) is 0 Å². The average Bonchev–Trinajstić information content (AvgIpc) is 2.41. The van der Waals surface area contributed by atoms with Gasteiger partial charge in [-0.15, -0.1) is 0 Å². The molecule has 2 aliphatic rings. The minimum absolute atomic E-state index is 0.899. The molecule has 0 bridgehead atoms. The van der Waals surface area contributed by atoms with Crippen LogP contribution in [0.1, 0.15) is 52.4 Å². The van der Waals surface area contributed by atoms with Gasteiger partial charge in [-0.3, -0.25) is 0 Å². The average molecular weight is 209 g/mol. The Kier molecular flexibility index (Phi) is 4.07. The summed E-state index contributed by atoms with van der Waals surface area (Å²) in [6.07, 6.45) is 8.92. The van der Waals surface area contributed by atoms with Crippen molar-refractivity contribution in [3.05, 3.63) is 0 Å². The number of rotatable bonds is 2. The highest BCUT2D eigenvalue weighted by atomic mass is 14.9. The molecule has 15 heavy (non-hydrogen) atoms. The third-order valence-electron chi connectivity index (χ3n) is 4.44. The van der Waals surface area contributed by atoms with E-state index in [1.165, 1.54) is 51.6 Å². The van der Waals surface area contributed by atoms with Crippen LogP contribution in [-0.4, -0.2) is 13.1 Å². The predicted molar refractivity (Wildman–Crippen MR) is 65.9 cm³/mol. The Labute approximate surface area is 95.0 Å². The molecule has 1 heteroatoms. The van der Waals surface area contributed by atoms with Gasteiger partial charge in [-0.25, -0.2) is 0 Å². The molecular formula is C14H27N. The van der Waals surface area contributed by atoms with Gasteiger partial charge in [0.15, 0.2) is 0 Å². The molecule has 1 aliphatic carbocycles. The molecule has 1 heterocycles. The van der Waals surface area contributed by atoms with Crippen LogP contribution >= 0.6 is 0 Å². The van der Waals surface area contributed by atoms with Crippen molar-refractivity contribution in [2.24, 2.45) is 23.7 Å². The second-order valence-corrected chi connectivity index (χ2v) is 6.16. The van der Waals surface area contributed by atoms with Crippen molar-refractivity contribution in [1.29, 1.82) is 0 Å². The van der Waals surface area contributed by atoms with E-state index in [9.17, 15) is 0 Å². The van der Waals surface area contributed by atoms with Gasteiger partial charge in [0.1, 0.15) is 0 Å². The molecule has 1 N–H and O–H groups in total. The van der Waals surface area contributed by atoms with E-state index in [4.69, 9.17) is 0 Å². The lowest BCUT2D eigenvalue weighted by molar-refractivity contribution is 0.158. The Morgan fingerprint density at radius 1 is 1.00 bits per heavy atom. The number of nitrogens with one attached hydrogen (secondary N) is 1. The van der Waals surface area contributed by atoms with Gasteiger partial charge in [0.25, 0.3) is 0 Å². The Morgan fingerprint density at radius 3 is 2.47 bits per heavy atom. The largest absolute Gasteiger partial charge is 0.317 e. The summed E-state index contributed by atoms with van der Waals surface area (Å²) < 4.78 is 0. The first kappa shape index (κ1) is 11.4. The fourth-order valence-electron chi connectivity index (χ4n) is 3.74. The van der Waals surface area contributed by atoms with Gasteiger partial charge in [0.05, 0.1) is 0 Å². The predicted octanol–water partition coefficient (Wildman–Crippen LogP) is 3.45. The molecule has 0 aromatic rings. The molecule has 1 aliphatic heterocycles. The monoisotopic (exact) mass is 209 g/mol. The maximum atomic E-state index is 3.56. The number of fused-ring (bicyclic) bond motifs is 1. The molecule has 0 aromatic carbocycles. The first-order valence-electron chi connectivity index (χ1n) is 6.96. The quantitative estimate of drug-likeness (QED) is 0.734. The van der Waals surface area contributed by atoms with Crippen LogP contribution in [0.2, 0.25) is 0 Å². The summed E-state index contributed by atoms with van der Waals surface area (Å²) in [5, 5.41) is 3.56. The van der Waals surface area contributed by atoms with Gasteiger partial charge in [-0.2, -0.15) is 0 Å². The van der Waals surface area contributed by atoms with Gasteiger partial charge in [0.2, 0.25) is 0 Å². The van der Waals surface area contributed by atoms with Crippen LogP contribution < -0.4 is 5.32 Å². The molecular weight excluding hydrogens is 182 g/mol. The molecule has 3 unspecified atom stereocenters. The molecule has 1 saturated carbocycles. The number of hydrogen-bond acceptors (Lipinski definition) is 1. The summed E-state index contributed by atoms with van der Waals surface area (Å²) in [5.41, 5.74) is 0. The normalized spacial score (nSPS) is 37.4. The van der Waals surface area contributed by atoms with Crippen molar-refractivity contribution in [1.82, 2.24) is 5.32 Å². The van der Waals surface area contributed by atoms with E-state index in [0.717, 1.165) is 23.7 Å². The molecule has 1 saturated heterocycles. The molecule has 0 spiro atoms. The third kappa shape index (κ3) is 3.21. The molecule has 0 amide bonds. The molecule has 88 valence electrons. The van der Waals surface area contributed by atoms with Crippen LogP contribution in [0.3, 0.4) is 0 Å². The zero-order chi connectivity index (χ0) is 10.7. The van der Waals surface area contributed by atoms with Crippen molar-refractivity contribution in [2.75, 3.05) is 13.1 Å². The van der Waals surface area contributed by atoms with Gasteiger partial charge in [-0.1, -0.05) is 20.3 Å². The van der Waals surface area contributed by atoms with Crippen molar-refractivity contribution >= 4 is 0 Å². The third-order valence-corrected chi connectivity index (χ3v) is 4.44. The molecule has 0 aromatic heterocycles. The van der Waals surface area contributed by atoms with Crippen LogP contribution in [0.5, 0.6) is 0 Å². The first-order chi connectivity index (χ1) is 7.25. The summed E-state index contributed by atoms with van der Waals surface area (Å²) in [5.74, 6) is 4.06. The van der Waals surface area contributed by atoms with Crippen molar-refractivity contribution in [3.63, 3.8) is 0 Å². The van der Waals surface area contributed by atoms with Gasteiger partial charge < -0.3 is 5.32 Å². The minimum atomic E-state index is 0.899. The second-order valence-electron chi connectivity index (χ2n) is 6.16. The van der Waals surface area contributed by atoms with E-state index in [2.05, 4.69) is 19.2 Å². The Morgan fingerprint density at radius 2 is 1.73 bits per heavy atom. The summed E-state index contributed by atoms with van der Waals surface area (Å²) in [6, 6.07) is 0. The van der Waals surface area contributed by atoms with Gasteiger partial charge in [-0.05, 0) is 68.9 Å². The summed E-state index contributed by atoms with van der Waals surface area (Å²) in [6.45, 7) is 7.30. The van der Waals surface area contributed by atoms with E-state index < -0.39 is 0 Å². The molecule has 1 nitrogen and oxygen atoms in total. The fraction of sp³-hybridized carbons (Fsp3) is 1.00. The Bertz CT molecular complexity index is 188. The van der Waals surface area contributed by atoms with Crippen molar-refractivity contribution in [3.8, 4) is 0 Å². The van der Waals surface area contributed by atoms with Crippen molar-refractivity contribution in [2.45, 2.75) is 52.4 Å². The highest BCUT2D eigenvalue weighted by Crippen LogP contribution is 2.40. The zero-order valence-corrected chi connectivity index (χ0v) is 10.5. The van der Waals surface area contributed by atoms with E-state index in [-0.39, 0.29) is 0 Å². The SMILES string of the molecule is CC(C)CC1CCC2CCNCCC2C1. The highest BCUT2D eigenvalue weighted by Gasteiger charge is 2.31. The summed E-state index contributed by atoms with van der Waals surface area (Å²) in [4.78, 5) is 0. The Balaban J connectivity index is 1.86. The zero-order valence-electron chi connectivity index (χ0n) is 10.5. The van der Waals surface area contributed by atoms with Crippen LogP contribution in [0.4, 0.5) is 0 Å². The maximum Gasteiger partial charge on any atom is -0.00462 e. The molecule has 0 radical (unpaired) electrons. The summed E-state index contributed by atoms with van der Waals surface area (Å²) in [7, 11) is 0. The lowest BCUT2D eigenvalue weighted by Crippen LogP contribution is -2.25. The second kappa shape index (κ2) is 5.34. The lowest BCUT2D eigenvalue weighted by atomic mass is 9.70. The van der Waals surface area contributed by atoms with E-state index in [1.54, 1.807) is 0 Å². The minimum Gasteiger partial charge on any atom is -0.317 e. The van der Waals surface area contributed by atoms with Crippen LogP contribution in [0, 0.1) is 23.7 Å². The topological polar surface area (TPSA) is 12.0 Å². The van der Waals surface area contributed by atoms with Gasteiger partial charge >= 0.3 is 0 Å². The van der Waals surface area contributed by atoms with E-state index in [1.807, 2.05) is 0 Å². The van der Waals surface area contributed by atoms with Gasteiger partial charge in [0, 0.05) is 0 Å². The molecule has 3 atom stereocenters. The van der Waals surface area contributed by atoms with Crippen molar-refractivity contribution < 1.29 is 0 Å². The smallest absolute Gasteiger partial charge is 0.00462 e. The summed E-state index contributed by atoms with van der Waals surface area (Å²) >= 11 is 0. The lowest BCUT2D eigenvalue weighted by Gasteiger charge is -2.35. The van der Waals surface area contributed by atoms with Crippen LogP contribution in [-0.2, 0) is 0 Å². The maximum absolute atomic E-state index is 3.56. The standard InChI is InChI=1S/C14H27N/c1-11(2)9-12-3-4-13-5-7-15-8-6-14(13)10-12/h11-15H,3-10H2,1-2H3. The number of hydrogen-bond donors (Lipinski definition) is 1. The highest BCUT2D eigenvalue weighted by molar-refractivity contribution is 4.83. The molecule has 2 fully saturated rings. The fourth-order valence-corrected chi connectivity index (χ4v) is 3.74. The van der Waals surface area contributed by atoms with Crippen LogP contribution in [0.25, 0.3) is 0 Å². The van der Waals surface area contributed by atoms with E-state index in [0.29, 0.717) is 0 Å². The van der Waals surface area contributed by atoms with E-state index >= 15 is 0 Å². The molecule has 2 rings (SSSR count). The Hall–Kier alpha value is -0.0400. The first-order valence-corrected chi connectivity index (χ1v) is 6.96.